The van der Waals surface area contributed by atoms with E-state index in [2.05, 4.69) is 26.9 Å². The Kier molecular flexibility index (Phi) is 5.41. The van der Waals surface area contributed by atoms with Crippen molar-refractivity contribution in [2.24, 2.45) is 0 Å². The van der Waals surface area contributed by atoms with Gasteiger partial charge in [-0.2, -0.15) is 4.31 Å². The van der Waals surface area contributed by atoms with E-state index in [1.165, 1.54) is 0 Å². The third-order valence-corrected chi connectivity index (χ3v) is 7.40. The average Bonchev–Trinajstić information content (AvgIpc) is 3.30. The van der Waals surface area contributed by atoms with Gasteiger partial charge in [0.25, 0.3) is 5.82 Å². The maximum atomic E-state index is 12.6. The number of benzene rings is 1. The highest BCUT2D eigenvalue weighted by molar-refractivity contribution is 7.89. The lowest BCUT2D eigenvalue weighted by molar-refractivity contribution is -0.367. The Balaban J connectivity index is 1.41. The van der Waals surface area contributed by atoms with E-state index in [9.17, 15) is 8.42 Å². The Morgan fingerprint density at radius 1 is 0.929 bits per heavy atom. The molecule has 0 aliphatic carbocycles. The molecule has 0 radical (unpaired) electrons. The number of nitrogens with one attached hydrogen (secondary N) is 1. The number of anilines is 2. The normalized spacial score (nSPS) is 18.5. The molecule has 1 aromatic heterocycles. The summed E-state index contributed by atoms with van der Waals surface area (Å²) in [6.45, 7) is 4.77. The van der Waals surface area contributed by atoms with E-state index in [1.54, 1.807) is 23.7 Å². The lowest BCUT2D eigenvalue weighted by Crippen LogP contribution is -2.48. The topological polar surface area (TPSA) is 67.2 Å². The van der Waals surface area contributed by atoms with Crippen LogP contribution in [-0.2, 0) is 10.0 Å². The number of methoxy groups -OCH3 is 1. The number of sulfonamides is 1. The molecule has 0 bridgehead atoms. The highest BCUT2D eigenvalue weighted by Gasteiger charge is 2.29. The van der Waals surface area contributed by atoms with Gasteiger partial charge in [-0.3, -0.25) is 4.90 Å². The van der Waals surface area contributed by atoms with E-state index in [0.717, 1.165) is 56.3 Å². The molecular weight excluding hydrogens is 376 g/mol. The van der Waals surface area contributed by atoms with Crippen LogP contribution in [0.4, 0.5) is 11.5 Å². The summed E-state index contributed by atoms with van der Waals surface area (Å²) in [4.78, 5) is 8.12. The fraction of sp³-hybridized carbons (Fsp3) is 0.450. The van der Waals surface area contributed by atoms with Gasteiger partial charge in [0.1, 0.15) is 29.9 Å². The molecule has 0 spiro atoms. The number of aromatic nitrogens is 1. The second kappa shape index (κ2) is 7.97. The van der Waals surface area contributed by atoms with Crippen molar-refractivity contribution in [3.05, 3.63) is 42.6 Å². The Morgan fingerprint density at radius 2 is 1.64 bits per heavy atom. The molecular formula is C20H27N4O3S+. The number of ether oxygens (including phenoxy) is 1. The van der Waals surface area contributed by atoms with Crippen LogP contribution >= 0.6 is 0 Å². The van der Waals surface area contributed by atoms with Gasteiger partial charge in [0, 0.05) is 30.9 Å². The average molecular weight is 404 g/mol. The Morgan fingerprint density at radius 3 is 2.29 bits per heavy atom. The first-order chi connectivity index (χ1) is 13.6. The zero-order valence-electron chi connectivity index (χ0n) is 16.2. The zero-order chi connectivity index (χ0) is 19.6. The molecule has 3 heterocycles. The van der Waals surface area contributed by atoms with E-state index < -0.39 is 10.0 Å². The molecule has 2 aliphatic heterocycles. The van der Waals surface area contributed by atoms with Gasteiger partial charge in [-0.25, -0.2) is 13.4 Å². The molecule has 2 aromatic rings. The van der Waals surface area contributed by atoms with E-state index in [1.807, 2.05) is 18.2 Å². The molecule has 28 heavy (non-hydrogen) atoms. The molecule has 4 rings (SSSR count). The van der Waals surface area contributed by atoms with Gasteiger partial charge in [0.15, 0.2) is 0 Å². The summed E-state index contributed by atoms with van der Waals surface area (Å²) in [5, 5.41) is 0. The SMILES string of the molecule is COc1cccc(N2CCN(c3ccc(S(=O)(=O)N4CCCC4)c[nH+]3)CC2)c1. The molecule has 150 valence electrons. The van der Waals surface area contributed by atoms with E-state index in [-0.39, 0.29) is 0 Å². The summed E-state index contributed by atoms with van der Waals surface area (Å²) in [6, 6.07) is 11.7. The molecule has 2 saturated heterocycles. The number of hydrogen-bond donors (Lipinski definition) is 0. The van der Waals surface area contributed by atoms with Gasteiger partial charge >= 0.3 is 0 Å². The molecule has 1 aromatic carbocycles. The number of nitrogens with zero attached hydrogens (tertiary/aromatic N) is 3. The predicted molar refractivity (Wildman–Crippen MR) is 108 cm³/mol. The standard InChI is InChI=1S/C20H26N4O3S/c1-27-18-6-4-5-17(15-18)22-11-13-23(14-12-22)20-8-7-19(16-21-20)28(25,26)24-9-2-3-10-24/h4-8,15-16H,2-3,9-14H2,1H3/p+1. The van der Waals surface area contributed by atoms with Crippen molar-refractivity contribution in [1.29, 1.82) is 0 Å². The second-order valence-corrected chi connectivity index (χ2v) is 9.13. The number of pyridine rings is 1. The van der Waals surface area contributed by atoms with Gasteiger partial charge in [0.05, 0.1) is 20.2 Å². The van der Waals surface area contributed by atoms with E-state index >= 15 is 0 Å². The lowest BCUT2D eigenvalue weighted by atomic mass is 10.2. The molecule has 0 atom stereocenters. The van der Waals surface area contributed by atoms with Crippen molar-refractivity contribution < 1.29 is 18.1 Å². The van der Waals surface area contributed by atoms with Crippen LogP contribution in [0.5, 0.6) is 5.75 Å². The van der Waals surface area contributed by atoms with Gasteiger partial charge in [-0.1, -0.05) is 6.07 Å². The van der Waals surface area contributed by atoms with Crippen LogP contribution in [0.15, 0.2) is 47.5 Å². The number of piperazine rings is 1. The van der Waals surface area contributed by atoms with Crippen LogP contribution in [0.3, 0.4) is 0 Å². The van der Waals surface area contributed by atoms with Gasteiger partial charge in [0.2, 0.25) is 10.0 Å². The molecule has 0 saturated carbocycles. The summed E-state index contributed by atoms with van der Waals surface area (Å²) >= 11 is 0. The largest absolute Gasteiger partial charge is 0.497 e. The maximum Gasteiger partial charge on any atom is 0.274 e. The minimum Gasteiger partial charge on any atom is -0.497 e. The van der Waals surface area contributed by atoms with Crippen molar-refractivity contribution >= 4 is 21.5 Å². The third kappa shape index (κ3) is 3.79. The van der Waals surface area contributed by atoms with Crippen molar-refractivity contribution in [2.75, 3.05) is 56.2 Å². The summed E-state index contributed by atoms with van der Waals surface area (Å²) in [5.74, 6) is 1.81. The monoisotopic (exact) mass is 403 g/mol. The van der Waals surface area contributed by atoms with Crippen molar-refractivity contribution in [2.45, 2.75) is 17.7 Å². The fourth-order valence-electron chi connectivity index (χ4n) is 3.85. The molecule has 7 nitrogen and oxygen atoms in total. The quantitative estimate of drug-likeness (QED) is 0.759. The molecule has 2 aliphatic rings. The third-order valence-electron chi connectivity index (χ3n) is 5.51. The summed E-state index contributed by atoms with van der Waals surface area (Å²) < 4.78 is 32.2. The lowest BCUT2D eigenvalue weighted by Gasteiger charge is -2.32. The Labute approximate surface area is 166 Å². The van der Waals surface area contributed by atoms with Crippen LogP contribution in [0.1, 0.15) is 12.8 Å². The highest BCUT2D eigenvalue weighted by Crippen LogP contribution is 2.24. The van der Waals surface area contributed by atoms with Crippen molar-refractivity contribution in [1.82, 2.24) is 4.31 Å². The highest BCUT2D eigenvalue weighted by atomic mass is 32.2. The van der Waals surface area contributed by atoms with Crippen LogP contribution in [0.2, 0.25) is 0 Å². The maximum absolute atomic E-state index is 12.6. The second-order valence-electron chi connectivity index (χ2n) is 7.20. The smallest absolute Gasteiger partial charge is 0.274 e. The van der Waals surface area contributed by atoms with Crippen molar-refractivity contribution in [3.8, 4) is 5.75 Å². The Hall–Kier alpha value is -2.32. The predicted octanol–water partition coefficient (Wildman–Crippen LogP) is 1.62. The molecule has 1 N–H and O–H groups in total. The first kappa shape index (κ1) is 19.0. The number of rotatable bonds is 5. The minimum absolute atomic E-state index is 0.341. The van der Waals surface area contributed by atoms with E-state index in [4.69, 9.17) is 4.74 Å². The zero-order valence-corrected chi connectivity index (χ0v) is 17.0. The van der Waals surface area contributed by atoms with Crippen LogP contribution in [0, 0.1) is 0 Å². The van der Waals surface area contributed by atoms with Crippen LogP contribution in [0.25, 0.3) is 0 Å². The number of hydrogen-bond acceptors (Lipinski definition) is 5. The summed E-state index contributed by atoms with van der Waals surface area (Å²) in [6.07, 6.45) is 3.51. The molecule has 2 fully saturated rings. The van der Waals surface area contributed by atoms with Gasteiger partial charge in [-0.05, 0) is 31.0 Å². The van der Waals surface area contributed by atoms with Gasteiger partial charge in [-0.15, -0.1) is 0 Å². The fourth-order valence-corrected chi connectivity index (χ4v) is 5.33. The number of H-pyrrole nitrogens is 1. The summed E-state index contributed by atoms with van der Waals surface area (Å²) in [5.41, 5.74) is 1.16. The summed E-state index contributed by atoms with van der Waals surface area (Å²) in [7, 11) is -1.69. The molecule has 0 unspecified atom stereocenters. The van der Waals surface area contributed by atoms with Crippen LogP contribution < -0.4 is 19.5 Å². The Bertz CT molecular complexity index is 903. The molecule has 8 heteroatoms. The van der Waals surface area contributed by atoms with Crippen molar-refractivity contribution in [3.63, 3.8) is 0 Å². The first-order valence-corrected chi connectivity index (χ1v) is 11.2. The molecule has 0 amide bonds. The minimum atomic E-state index is -3.37. The van der Waals surface area contributed by atoms with Crippen LogP contribution in [-0.4, -0.2) is 59.1 Å². The van der Waals surface area contributed by atoms with E-state index in [0.29, 0.717) is 18.0 Å². The number of aromatic amines is 1. The van der Waals surface area contributed by atoms with Gasteiger partial charge < -0.3 is 9.64 Å². The first-order valence-electron chi connectivity index (χ1n) is 9.74.